The van der Waals surface area contributed by atoms with Gasteiger partial charge in [0.15, 0.2) is 0 Å². The third-order valence-corrected chi connectivity index (χ3v) is 3.20. The lowest BCUT2D eigenvalue weighted by molar-refractivity contribution is 0.719. The molecule has 3 heteroatoms. The fourth-order valence-corrected chi connectivity index (χ4v) is 2.51. The molecule has 0 bridgehead atoms. The number of aromatic nitrogens is 2. The van der Waals surface area contributed by atoms with E-state index in [-0.39, 0.29) is 0 Å². The van der Waals surface area contributed by atoms with Crippen LogP contribution < -0.4 is 5.32 Å². The number of imidazole rings is 1. The van der Waals surface area contributed by atoms with Crippen molar-refractivity contribution in [3.8, 4) is 0 Å². The topological polar surface area (TPSA) is 29.3 Å². The van der Waals surface area contributed by atoms with E-state index in [0.29, 0.717) is 5.92 Å². The van der Waals surface area contributed by atoms with Crippen LogP contribution in [0.4, 0.5) is 0 Å². The average molecular weight is 201 g/mol. The Morgan fingerprint density at radius 2 is 2.40 bits per heavy atom. The summed E-state index contributed by atoms with van der Waals surface area (Å²) in [6.07, 6.45) is 3.34. The third-order valence-electron chi connectivity index (χ3n) is 3.20. The Hall–Kier alpha value is -1.35. The number of aryl methyl sites for hydroxylation is 1. The van der Waals surface area contributed by atoms with Crippen LogP contribution in [-0.4, -0.2) is 22.5 Å². The van der Waals surface area contributed by atoms with Gasteiger partial charge < -0.3 is 9.72 Å². The lowest BCUT2D eigenvalue weighted by Crippen LogP contribution is -2.10. The number of pyridine rings is 1. The molecule has 1 aliphatic heterocycles. The van der Waals surface area contributed by atoms with Crippen LogP contribution >= 0.6 is 0 Å². The molecular weight excluding hydrogens is 186 g/mol. The van der Waals surface area contributed by atoms with Crippen molar-refractivity contribution in [1.29, 1.82) is 0 Å². The Morgan fingerprint density at radius 1 is 1.47 bits per heavy atom. The van der Waals surface area contributed by atoms with Crippen LogP contribution in [0.3, 0.4) is 0 Å². The first-order chi connectivity index (χ1) is 7.36. The molecule has 0 spiro atoms. The summed E-state index contributed by atoms with van der Waals surface area (Å²) in [4.78, 5) is 4.59. The molecule has 3 heterocycles. The molecule has 3 nitrogen and oxygen atoms in total. The minimum atomic E-state index is 0.627. The van der Waals surface area contributed by atoms with Gasteiger partial charge in [-0.3, -0.25) is 0 Å². The number of rotatable bonds is 1. The van der Waals surface area contributed by atoms with Crippen LogP contribution in [-0.2, 0) is 0 Å². The standard InChI is InChI=1S/C12H15N3/c1-9-12(10-5-6-13-8-10)15-7-3-2-4-11(15)14-9/h2-4,7,10,13H,5-6,8H2,1H3. The molecule has 15 heavy (non-hydrogen) atoms. The Bertz CT molecular complexity index is 481. The molecule has 0 saturated carbocycles. The SMILES string of the molecule is Cc1nc2ccccn2c1C1CCNC1. The van der Waals surface area contributed by atoms with E-state index in [0.717, 1.165) is 18.7 Å². The largest absolute Gasteiger partial charge is 0.316 e. The van der Waals surface area contributed by atoms with Gasteiger partial charge in [0, 0.05) is 24.4 Å². The van der Waals surface area contributed by atoms with Gasteiger partial charge in [-0.25, -0.2) is 4.98 Å². The van der Waals surface area contributed by atoms with Gasteiger partial charge in [-0.2, -0.15) is 0 Å². The van der Waals surface area contributed by atoms with Crippen LogP contribution in [0, 0.1) is 6.92 Å². The summed E-state index contributed by atoms with van der Waals surface area (Å²) in [5.74, 6) is 0.627. The lowest BCUT2D eigenvalue weighted by Gasteiger charge is -2.09. The number of fused-ring (bicyclic) bond motifs is 1. The van der Waals surface area contributed by atoms with Crippen molar-refractivity contribution in [2.24, 2.45) is 0 Å². The minimum absolute atomic E-state index is 0.627. The number of nitrogens with one attached hydrogen (secondary N) is 1. The normalized spacial score (nSPS) is 21.3. The number of nitrogens with zero attached hydrogens (tertiary/aromatic N) is 2. The quantitative estimate of drug-likeness (QED) is 0.761. The highest BCUT2D eigenvalue weighted by Crippen LogP contribution is 2.26. The molecule has 0 amide bonds. The zero-order valence-electron chi connectivity index (χ0n) is 8.90. The predicted molar refractivity (Wildman–Crippen MR) is 60.2 cm³/mol. The zero-order valence-corrected chi connectivity index (χ0v) is 8.90. The van der Waals surface area contributed by atoms with Gasteiger partial charge in [0.1, 0.15) is 5.65 Å². The highest BCUT2D eigenvalue weighted by atomic mass is 15.0. The average Bonchev–Trinajstić information content (AvgIpc) is 2.82. The van der Waals surface area contributed by atoms with E-state index in [1.165, 1.54) is 17.8 Å². The maximum Gasteiger partial charge on any atom is 0.137 e. The van der Waals surface area contributed by atoms with Crippen molar-refractivity contribution < 1.29 is 0 Å². The highest BCUT2D eigenvalue weighted by Gasteiger charge is 2.22. The van der Waals surface area contributed by atoms with E-state index in [1.54, 1.807) is 0 Å². The molecule has 1 unspecified atom stereocenters. The molecule has 1 atom stereocenters. The van der Waals surface area contributed by atoms with Gasteiger partial charge in [-0.1, -0.05) is 6.07 Å². The Labute approximate surface area is 89.1 Å². The van der Waals surface area contributed by atoms with Gasteiger partial charge in [0.25, 0.3) is 0 Å². The fourth-order valence-electron chi connectivity index (χ4n) is 2.51. The van der Waals surface area contributed by atoms with Crippen molar-refractivity contribution in [2.75, 3.05) is 13.1 Å². The van der Waals surface area contributed by atoms with E-state index in [9.17, 15) is 0 Å². The molecule has 78 valence electrons. The molecule has 1 aliphatic rings. The molecule has 0 aliphatic carbocycles. The van der Waals surface area contributed by atoms with Crippen molar-refractivity contribution in [3.63, 3.8) is 0 Å². The van der Waals surface area contributed by atoms with E-state index in [1.807, 2.05) is 6.07 Å². The molecule has 0 aromatic carbocycles. The van der Waals surface area contributed by atoms with Crippen molar-refractivity contribution in [2.45, 2.75) is 19.3 Å². The van der Waals surface area contributed by atoms with Crippen LogP contribution in [0.2, 0.25) is 0 Å². The highest BCUT2D eigenvalue weighted by molar-refractivity contribution is 5.44. The summed E-state index contributed by atoms with van der Waals surface area (Å²) in [6.45, 7) is 4.33. The van der Waals surface area contributed by atoms with E-state index < -0.39 is 0 Å². The van der Waals surface area contributed by atoms with Crippen LogP contribution in [0.15, 0.2) is 24.4 Å². The minimum Gasteiger partial charge on any atom is -0.316 e. The first kappa shape index (κ1) is 8.92. The van der Waals surface area contributed by atoms with Gasteiger partial charge >= 0.3 is 0 Å². The van der Waals surface area contributed by atoms with Crippen LogP contribution in [0.25, 0.3) is 5.65 Å². The first-order valence-corrected chi connectivity index (χ1v) is 5.50. The van der Waals surface area contributed by atoms with Crippen molar-refractivity contribution in [3.05, 3.63) is 35.8 Å². The molecule has 1 N–H and O–H groups in total. The molecule has 1 fully saturated rings. The second-order valence-corrected chi connectivity index (χ2v) is 4.20. The molecular formula is C12H15N3. The molecule has 2 aromatic rings. The summed E-state index contributed by atoms with van der Waals surface area (Å²) >= 11 is 0. The summed E-state index contributed by atoms with van der Waals surface area (Å²) in [5.41, 5.74) is 3.63. The van der Waals surface area contributed by atoms with Gasteiger partial charge in [0.05, 0.1) is 5.69 Å². The molecule has 0 radical (unpaired) electrons. The van der Waals surface area contributed by atoms with Crippen LogP contribution in [0.5, 0.6) is 0 Å². The molecule has 2 aromatic heterocycles. The second-order valence-electron chi connectivity index (χ2n) is 4.20. The van der Waals surface area contributed by atoms with Gasteiger partial charge in [-0.15, -0.1) is 0 Å². The Balaban J connectivity index is 2.19. The summed E-state index contributed by atoms with van der Waals surface area (Å²) < 4.78 is 2.23. The summed E-state index contributed by atoms with van der Waals surface area (Å²) in [7, 11) is 0. The predicted octanol–water partition coefficient (Wildman–Crippen LogP) is 1.72. The first-order valence-electron chi connectivity index (χ1n) is 5.50. The van der Waals surface area contributed by atoms with Gasteiger partial charge in [0.2, 0.25) is 0 Å². The smallest absolute Gasteiger partial charge is 0.137 e. The monoisotopic (exact) mass is 201 g/mol. The maximum absolute atomic E-state index is 4.59. The Kier molecular flexibility index (Phi) is 1.99. The number of hydrogen-bond donors (Lipinski definition) is 1. The summed E-state index contributed by atoms with van der Waals surface area (Å²) in [5, 5.41) is 3.41. The summed E-state index contributed by atoms with van der Waals surface area (Å²) in [6, 6.07) is 6.18. The van der Waals surface area contributed by atoms with Crippen LogP contribution in [0.1, 0.15) is 23.7 Å². The van der Waals surface area contributed by atoms with E-state index in [4.69, 9.17) is 0 Å². The van der Waals surface area contributed by atoms with Crippen molar-refractivity contribution >= 4 is 5.65 Å². The van der Waals surface area contributed by atoms with E-state index >= 15 is 0 Å². The maximum atomic E-state index is 4.59. The van der Waals surface area contributed by atoms with E-state index in [2.05, 4.69) is 40.0 Å². The fraction of sp³-hybridized carbons (Fsp3) is 0.417. The molecule has 1 saturated heterocycles. The second kappa shape index (κ2) is 3.35. The van der Waals surface area contributed by atoms with Crippen molar-refractivity contribution in [1.82, 2.24) is 14.7 Å². The lowest BCUT2D eigenvalue weighted by atomic mass is 10.0. The Morgan fingerprint density at radius 3 is 3.20 bits per heavy atom. The zero-order chi connectivity index (χ0) is 10.3. The number of hydrogen-bond acceptors (Lipinski definition) is 2. The molecule has 3 rings (SSSR count). The van der Waals surface area contributed by atoms with Gasteiger partial charge in [-0.05, 0) is 32.0 Å². The third kappa shape index (κ3) is 1.35.